The van der Waals surface area contributed by atoms with Gasteiger partial charge in [0.25, 0.3) is 5.56 Å². The zero-order valence-electron chi connectivity index (χ0n) is 18.5. The summed E-state index contributed by atoms with van der Waals surface area (Å²) in [6.45, 7) is 1.54. The molecule has 5 rings (SSSR count). The Balaban J connectivity index is 1.42. The van der Waals surface area contributed by atoms with Crippen molar-refractivity contribution in [3.05, 3.63) is 64.2 Å². The molecule has 2 amide bonds. The molecule has 1 aliphatic heterocycles. The summed E-state index contributed by atoms with van der Waals surface area (Å²) in [5.41, 5.74) is 1.88. The van der Waals surface area contributed by atoms with Gasteiger partial charge in [0.2, 0.25) is 0 Å². The van der Waals surface area contributed by atoms with Gasteiger partial charge >= 0.3 is 6.03 Å². The summed E-state index contributed by atoms with van der Waals surface area (Å²) in [5, 5.41) is 4.01. The number of fused-ring (bicyclic) bond motifs is 2. The first-order chi connectivity index (χ1) is 16.2. The van der Waals surface area contributed by atoms with E-state index in [-0.39, 0.29) is 24.2 Å². The zero-order chi connectivity index (χ0) is 22.6. The number of hydrogen-bond acceptors (Lipinski definition) is 5. The first kappa shape index (κ1) is 21.3. The van der Waals surface area contributed by atoms with E-state index in [2.05, 4.69) is 15.3 Å². The number of aromatic amines is 1. The fourth-order valence-electron chi connectivity index (χ4n) is 4.54. The number of urea groups is 1. The number of carbonyl (C=O) groups excluding carboxylic acids is 1. The van der Waals surface area contributed by atoms with Crippen LogP contribution in [0.5, 0.6) is 11.5 Å². The van der Waals surface area contributed by atoms with Crippen LogP contribution in [0.2, 0.25) is 0 Å². The molecule has 0 atom stereocenters. The summed E-state index contributed by atoms with van der Waals surface area (Å²) in [5.74, 6) is 1.29. The number of hydrogen-bond donors (Lipinski definition) is 2. The highest BCUT2D eigenvalue weighted by Gasteiger charge is 2.22. The fraction of sp³-hybridized carbons (Fsp3) is 0.400. The molecule has 2 N–H and O–H groups in total. The van der Waals surface area contributed by atoms with Crippen molar-refractivity contribution < 1.29 is 14.3 Å². The molecule has 2 aromatic heterocycles. The van der Waals surface area contributed by atoms with Crippen molar-refractivity contribution in [3.63, 3.8) is 0 Å². The minimum absolute atomic E-state index is 0.160. The largest absolute Gasteiger partial charge is 0.486 e. The minimum atomic E-state index is -0.221. The van der Waals surface area contributed by atoms with E-state index in [0.29, 0.717) is 42.3 Å². The number of H-pyrrole nitrogens is 1. The van der Waals surface area contributed by atoms with Gasteiger partial charge in [0.15, 0.2) is 11.5 Å². The van der Waals surface area contributed by atoms with Gasteiger partial charge < -0.3 is 24.7 Å². The van der Waals surface area contributed by atoms with Crippen molar-refractivity contribution in [2.45, 2.75) is 51.2 Å². The lowest BCUT2D eigenvalue weighted by Crippen LogP contribution is -2.45. The molecule has 8 heteroatoms. The number of benzene rings is 1. The lowest BCUT2D eigenvalue weighted by atomic mass is 9.96. The van der Waals surface area contributed by atoms with Crippen LogP contribution in [0.4, 0.5) is 4.79 Å². The van der Waals surface area contributed by atoms with Gasteiger partial charge in [0, 0.05) is 42.0 Å². The molecule has 33 heavy (non-hydrogen) atoms. The van der Waals surface area contributed by atoms with E-state index < -0.39 is 0 Å². The monoisotopic (exact) mass is 448 g/mol. The summed E-state index contributed by atoms with van der Waals surface area (Å²) < 4.78 is 11.3. The fourth-order valence-corrected chi connectivity index (χ4v) is 4.54. The van der Waals surface area contributed by atoms with Gasteiger partial charge in [-0.25, -0.2) is 4.79 Å². The second-order valence-electron chi connectivity index (χ2n) is 8.71. The summed E-state index contributed by atoms with van der Waals surface area (Å²) >= 11 is 0. The lowest BCUT2D eigenvalue weighted by molar-refractivity contribution is 0.172. The molecule has 3 heterocycles. The Hall–Kier alpha value is -3.55. The van der Waals surface area contributed by atoms with Crippen molar-refractivity contribution in [2.24, 2.45) is 0 Å². The molecule has 0 bridgehead atoms. The molecule has 1 fully saturated rings. The van der Waals surface area contributed by atoms with E-state index >= 15 is 0 Å². The first-order valence-corrected chi connectivity index (χ1v) is 11.6. The molecular weight excluding hydrogens is 420 g/mol. The van der Waals surface area contributed by atoms with E-state index in [1.807, 2.05) is 24.3 Å². The molecule has 8 nitrogen and oxygen atoms in total. The van der Waals surface area contributed by atoms with Crippen molar-refractivity contribution in [1.29, 1.82) is 0 Å². The van der Waals surface area contributed by atoms with Crippen LogP contribution in [-0.2, 0) is 13.1 Å². The highest BCUT2D eigenvalue weighted by atomic mass is 16.6. The Morgan fingerprint density at radius 3 is 2.64 bits per heavy atom. The highest BCUT2D eigenvalue weighted by Crippen LogP contribution is 2.33. The molecule has 0 radical (unpaired) electrons. The molecule has 0 unspecified atom stereocenters. The Morgan fingerprint density at radius 2 is 1.88 bits per heavy atom. The van der Waals surface area contributed by atoms with E-state index in [0.717, 1.165) is 36.6 Å². The second-order valence-corrected chi connectivity index (χ2v) is 8.71. The third-order valence-corrected chi connectivity index (χ3v) is 6.26. The molecule has 0 saturated heterocycles. The molecule has 3 aromatic rings. The van der Waals surface area contributed by atoms with Gasteiger partial charge in [-0.2, -0.15) is 0 Å². The Kier molecular flexibility index (Phi) is 6.15. The van der Waals surface area contributed by atoms with Crippen LogP contribution in [0, 0.1) is 0 Å². The summed E-state index contributed by atoms with van der Waals surface area (Å²) in [4.78, 5) is 34.9. The predicted molar refractivity (Wildman–Crippen MR) is 124 cm³/mol. The second kappa shape index (κ2) is 9.52. The number of pyridine rings is 2. The smallest absolute Gasteiger partial charge is 0.318 e. The van der Waals surface area contributed by atoms with Gasteiger partial charge in [-0.15, -0.1) is 0 Å². The van der Waals surface area contributed by atoms with E-state index in [1.54, 1.807) is 23.4 Å². The third-order valence-electron chi connectivity index (χ3n) is 6.26. The number of ether oxygens (including phenoxy) is 2. The summed E-state index contributed by atoms with van der Waals surface area (Å²) in [7, 11) is 0. The van der Waals surface area contributed by atoms with Crippen molar-refractivity contribution >= 4 is 16.9 Å². The summed E-state index contributed by atoms with van der Waals surface area (Å²) in [6.07, 6.45) is 8.93. The van der Waals surface area contributed by atoms with Gasteiger partial charge in [0.1, 0.15) is 13.2 Å². The van der Waals surface area contributed by atoms with Gasteiger partial charge in [-0.1, -0.05) is 25.3 Å². The Bertz CT molecular complexity index is 1190. The standard InChI is InChI=1S/C25H28N4O4/c30-24-19(11-18-12-22-23(13-21(18)28-24)33-10-9-32-22)16-29(15-17-5-4-8-26-14-17)25(31)27-20-6-2-1-3-7-20/h4-5,8,11-14,20H,1-3,6-7,9-10,15-16H2,(H,27,31)(H,28,30). The Labute approximate surface area is 191 Å². The number of rotatable bonds is 5. The maximum atomic E-state index is 13.2. The molecular formula is C25H28N4O4. The van der Waals surface area contributed by atoms with Gasteiger partial charge in [0.05, 0.1) is 12.1 Å². The minimum Gasteiger partial charge on any atom is -0.486 e. The van der Waals surface area contributed by atoms with Crippen molar-refractivity contribution in [2.75, 3.05) is 13.2 Å². The Morgan fingerprint density at radius 1 is 1.09 bits per heavy atom. The average Bonchev–Trinajstić information content (AvgIpc) is 2.84. The molecule has 172 valence electrons. The number of nitrogens with zero attached hydrogens (tertiary/aromatic N) is 2. The van der Waals surface area contributed by atoms with Crippen molar-refractivity contribution in [3.8, 4) is 11.5 Å². The molecule has 2 aliphatic rings. The third kappa shape index (κ3) is 4.94. The molecule has 0 spiro atoms. The summed E-state index contributed by atoms with van der Waals surface area (Å²) in [6, 6.07) is 9.29. The van der Waals surface area contributed by atoms with Crippen LogP contribution in [0.3, 0.4) is 0 Å². The topological polar surface area (TPSA) is 96.6 Å². The van der Waals surface area contributed by atoms with Crippen LogP contribution in [0.1, 0.15) is 43.2 Å². The maximum absolute atomic E-state index is 13.2. The maximum Gasteiger partial charge on any atom is 0.318 e. The van der Waals surface area contributed by atoms with Crippen LogP contribution in [-0.4, -0.2) is 40.2 Å². The molecule has 1 saturated carbocycles. The van der Waals surface area contributed by atoms with Gasteiger partial charge in [-0.3, -0.25) is 9.78 Å². The van der Waals surface area contributed by atoms with E-state index in [4.69, 9.17) is 9.47 Å². The average molecular weight is 449 g/mol. The molecule has 1 aromatic carbocycles. The number of aromatic nitrogens is 2. The van der Waals surface area contributed by atoms with Crippen molar-refractivity contribution in [1.82, 2.24) is 20.2 Å². The van der Waals surface area contributed by atoms with Crippen LogP contribution in [0.15, 0.2) is 47.5 Å². The first-order valence-electron chi connectivity index (χ1n) is 11.6. The predicted octanol–water partition coefficient (Wildman–Crippen LogP) is 3.74. The van der Waals surface area contributed by atoms with Crippen LogP contribution < -0.4 is 20.3 Å². The zero-order valence-corrected chi connectivity index (χ0v) is 18.5. The quantitative estimate of drug-likeness (QED) is 0.620. The number of carbonyl (C=O) groups is 1. The van der Waals surface area contributed by atoms with Gasteiger partial charge in [-0.05, 0) is 36.6 Å². The highest BCUT2D eigenvalue weighted by molar-refractivity contribution is 5.83. The number of amides is 2. The SMILES string of the molecule is O=C(NC1CCCCC1)N(Cc1cccnc1)Cc1cc2cc3c(cc2[nH]c1=O)OCCO3. The van der Waals surface area contributed by atoms with Crippen LogP contribution in [0.25, 0.3) is 10.9 Å². The van der Waals surface area contributed by atoms with E-state index in [9.17, 15) is 9.59 Å². The van der Waals surface area contributed by atoms with Crippen LogP contribution >= 0.6 is 0 Å². The lowest BCUT2D eigenvalue weighted by Gasteiger charge is -2.28. The number of nitrogens with one attached hydrogen (secondary N) is 2. The normalized spacial score (nSPS) is 15.9. The van der Waals surface area contributed by atoms with E-state index in [1.165, 1.54) is 6.42 Å². The molecule has 1 aliphatic carbocycles.